The molecule has 1 heterocycles. The molecule has 6 nitrogen and oxygen atoms in total. The first-order chi connectivity index (χ1) is 12.4. The first kappa shape index (κ1) is 18.1. The highest BCUT2D eigenvalue weighted by molar-refractivity contribution is 9.12. The Balaban J connectivity index is 1.93. The minimum atomic E-state index is -0.179. The molecule has 0 fully saturated rings. The summed E-state index contributed by atoms with van der Waals surface area (Å²) in [5, 5.41) is 0. The number of methoxy groups -OCH3 is 1. The van der Waals surface area contributed by atoms with Crippen LogP contribution in [-0.4, -0.2) is 33.8 Å². The average molecular weight is 419 g/mol. The van der Waals surface area contributed by atoms with Gasteiger partial charge in [0.25, 0.3) is 0 Å². The van der Waals surface area contributed by atoms with E-state index < -0.39 is 0 Å². The number of nitrogens with zero attached hydrogens (tertiary/aromatic N) is 1. The van der Waals surface area contributed by atoms with Crippen molar-refractivity contribution < 1.29 is 19.0 Å². The Morgan fingerprint density at radius 2 is 2.04 bits per heavy atom. The molecule has 1 aliphatic rings. The van der Waals surface area contributed by atoms with Gasteiger partial charge in [-0.1, -0.05) is 0 Å². The molecule has 0 aliphatic carbocycles. The van der Waals surface area contributed by atoms with Gasteiger partial charge >= 0.3 is 0 Å². The third kappa shape index (κ3) is 3.35. The zero-order chi connectivity index (χ0) is 18.8. The van der Waals surface area contributed by atoms with Crippen molar-refractivity contribution in [3.63, 3.8) is 0 Å². The zero-order valence-corrected chi connectivity index (χ0v) is 16.3. The Hall–Kier alpha value is -2.67. The predicted octanol–water partition coefficient (Wildman–Crippen LogP) is 3.69. The number of anilines is 2. The third-order valence-corrected chi connectivity index (χ3v) is 4.59. The van der Waals surface area contributed by atoms with E-state index in [1.807, 2.05) is 31.1 Å². The number of carbonyl (C=O) groups excluding carboxylic acids is 1. The maximum absolute atomic E-state index is 12.7. The second-order valence-corrected chi connectivity index (χ2v) is 6.77. The number of halogens is 1. The fourth-order valence-electron chi connectivity index (χ4n) is 2.73. The van der Waals surface area contributed by atoms with Gasteiger partial charge in [0.05, 0.1) is 23.0 Å². The number of hydrogen-bond acceptors (Lipinski definition) is 6. The summed E-state index contributed by atoms with van der Waals surface area (Å²) < 4.78 is 16.6. The maximum atomic E-state index is 12.7. The van der Waals surface area contributed by atoms with Gasteiger partial charge in [-0.2, -0.15) is 0 Å². The molecule has 0 radical (unpaired) electrons. The van der Waals surface area contributed by atoms with Crippen molar-refractivity contribution in [2.75, 3.05) is 38.6 Å². The number of hydrogen-bond donors (Lipinski definition) is 1. The summed E-state index contributed by atoms with van der Waals surface area (Å²) in [5.74, 6) is 1.50. The number of ketones is 1. The molecule has 3 rings (SSSR count). The number of nitrogen functional groups attached to an aromatic ring is 1. The first-order valence-corrected chi connectivity index (χ1v) is 8.67. The van der Waals surface area contributed by atoms with Crippen LogP contribution >= 0.6 is 15.9 Å². The summed E-state index contributed by atoms with van der Waals surface area (Å²) in [6.45, 7) is 0.149. The van der Waals surface area contributed by atoms with Crippen molar-refractivity contribution in [1.29, 1.82) is 0 Å². The molecule has 0 unspecified atom stereocenters. The molecule has 1 aliphatic heterocycles. The highest BCUT2D eigenvalue weighted by Crippen LogP contribution is 2.44. The van der Waals surface area contributed by atoms with E-state index in [4.69, 9.17) is 19.9 Å². The summed E-state index contributed by atoms with van der Waals surface area (Å²) in [4.78, 5) is 14.6. The summed E-state index contributed by atoms with van der Waals surface area (Å²) in [6.07, 6.45) is 1.69. The van der Waals surface area contributed by atoms with Crippen molar-refractivity contribution in [2.45, 2.75) is 0 Å². The fourth-order valence-corrected chi connectivity index (χ4v) is 3.20. The number of fused-ring (bicyclic) bond motifs is 1. The molecule has 2 aromatic carbocycles. The van der Waals surface area contributed by atoms with Gasteiger partial charge in [0.2, 0.25) is 12.5 Å². The molecule has 0 saturated carbocycles. The molecule has 136 valence electrons. The Labute approximate surface area is 160 Å². The molecule has 26 heavy (non-hydrogen) atoms. The zero-order valence-electron chi connectivity index (χ0n) is 14.7. The van der Waals surface area contributed by atoms with Crippen molar-refractivity contribution in [2.24, 2.45) is 0 Å². The summed E-state index contributed by atoms with van der Waals surface area (Å²) in [6, 6.07) is 8.84. The number of ether oxygens (including phenoxy) is 3. The van der Waals surface area contributed by atoms with Gasteiger partial charge < -0.3 is 24.8 Å². The number of carbonyl (C=O) groups is 1. The lowest BCUT2D eigenvalue weighted by Crippen LogP contribution is -2.12. The average Bonchev–Trinajstić information content (AvgIpc) is 3.09. The highest BCUT2D eigenvalue weighted by atomic mass is 79.9. The number of benzene rings is 2. The van der Waals surface area contributed by atoms with Gasteiger partial charge in [-0.3, -0.25) is 4.79 Å². The number of allylic oxidation sites excluding steroid dienone is 1. The van der Waals surface area contributed by atoms with E-state index in [2.05, 4.69) is 15.9 Å². The second kappa shape index (κ2) is 7.29. The normalized spacial score (nSPS) is 12.8. The molecule has 2 N–H and O–H groups in total. The number of rotatable bonds is 5. The molecule has 0 spiro atoms. The summed E-state index contributed by atoms with van der Waals surface area (Å²) in [5.41, 5.74) is 8.64. The highest BCUT2D eigenvalue weighted by Gasteiger charge is 2.22. The summed E-state index contributed by atoms with van der Waals surface area (Å²) in [7, 11) is 5.34. The number of nitrogens with two attached hydrogens (primary N) is 1. The minimum Gasteiger partial charge on any atom is -0.492 e. The van der Waals surface area contributed by atoms with E-state index in [9.17, 15) is 4.79 Å². The standard InChI is InChI=1S/C19H19BrN2O4/c1-22(2)15-6-4-11(9-14(15)21)17(23)13(20)8-12-5-7-16-19(18(12)24-3)26-10-25-16/h4-9H,10,21H2,1-3H3. The maximum Gasteiger partial charge on any atom is 0.231 e. The van der Waals surface area contributed by atoms with Crippen molar-refractivity contribution in [3.8, 4) is 17.2 Å². The van der Waals surface area contributed by atoms with Crippen LogP contribution in [0.3, 0.4) is 0 Å². The van der Waals surface area contributed by atoms with E-state index in [0.717, 1.165) is 5.69 Å². The van der Waals surface area contributed by atoms with Crippen LogP contribution in [-0.2, 0) is 0 Å². The third-order valence-electron chi connectivity index (χ3n) is 4.00. The Kier molecular flexibility index (Phi) is 5.08. The van der Waals surface area contributed by atoms with Gasteiger partial charge in [-0.15, -0.1) is 0 Å². The van der Waals surface area contributed by atoms with Crippen molar-refractivity contribution in [1.82, 2.24) is 0 Å². The smallest absolute Gasteiger partial charge is 0.231 e. The monoisotopic (exact) mass is 418 g/mol. The number of Topliss-reactive ketones (excluding diaryl/α,β-unsaturated/α-hetero) is 1. The van der Waals surface area contributed by atoms with Crippen LogP contribution in [0.15, 0.2) is 34.8 Å². The lowest BCUT2D eigenvalue weighted by molar-refractivity contribution is 0.104. The molecule has 0 atom stereocenters. The summed E-state index contributed by atoms with van der Waals surface area (Å²) >= 11 is 3.37. The predicted molar refractivity (Wildman–Crippen MR) is 106 cm³/mol. The second-order valence-electron chi connectivity index (χ2n) is 5.91. The lowest BCUT2D eigenvalue weighted by atomic mass is 10.1. The van der Waals surface area contributed by atoms with E-state index in [1.54, 1.807) is 31.4 Å². The minimum absolute atomic E-state index is 0.149. The van der Waals surface area contributed by atoms with E-state index >= 15 is 0 Å². The van der Waals surface area contributed by atoms with Crippen molar-refractivity contribution in [3.05, 3.63) is 45.9 Å². The first-order valence-electron chi connectivity index (χ1n) is 7.87. The van der Waals surface area contributed by atoms with Gasteiger partial charge in [0.1, 0.15) is 0 Å². The molecular weight excluding hydrogens is 400 g/mol. The van der Waals surface area contributed by atoms with E-state index in [1.165, 1.54) is 0 Å². The van der Waals surface area contributed by atoms with Crippen LogP contribution in [0.2, 0.25) is 0 Å². The van der Waals surface area contributed by atoms with Gasteiger partial charge in [0, 0.05) is 25.2 Å². The SMILES string of the molecule is COc1c(C=C(Br)C(=O)c2ccc(N(C)C)c(N)c2)ccc2c1OCO2. The Morgan fingerprint density at radius 1 is 1.27 bits per heavy atom. The van der Waals surface area contributed by atoms with E-state index in [0.29, 0.717) is 38.5 Å². The molecule has 0 saturated heterocycles. The molecule has 2 aromatic rings. The largest absolute Gasteiger partial charge is 0.492 e. The molecule has 0 aromatic heterocycles. The fraction of sp³-hybridized carbons (Fsp3) is 0.211. The molecular formula is C19H19BrN2O4. The topological polar surface area (TPSA) is 74.0 Å². The van der Waals surface area contributed by atoms with Crippen molar-refractivity contribution >= 4 is 39.2 Å². The van der Waals surface area contributed by atoms with Crippen LogP contribution in [0.1, 0.15) is 15.9 Å². The van der Waals surface area contributed by atoms with Gasteiger partial charge in [-0.05, 0) is 52.3 Å². The van der Waals surface area contributed by atoms with Crippen LogP contribution in [0, 0.1) is 0 Å². The lowest BCUT2D eigenvalue weighted by Gasteiger charge is -2.15. The Bertz CT molecular complexity index is 893. The van der Waals surface area contributed by atoms with Crippen LogP contribution < -0.4 is 24.8 Å². The van der Waals surface area contributed by atoms with Crippen LogP contribution in [0.25, 0.3) is 6.08 Å². The van der Waals surface area contributed by atoms with Gasteiger partial charge in [-0.25, -0.2) is 0 Å². The quantitative estimate of drug-likeness (QED) is 0.453. The molecule has 0 bridgehead atoms. The van der Waals surface area contributed by atoms with Crippen LogP contribution in [0.4, 0.5) is 11.4 Å². The molecule has 7 heteroatoms. The van der Waals surface area contributed by atoms with Gasteiger partial charge in [0.15, 0.2) is 17.3 Å². The van der Waals surface area contributed by atoms with Crippen LogP contribution in [0.5, 0.6) is 17.2 Å². The Morgan fingerprint density at radius 3 is 2.69 bits per heavy atom. The molecule has 0 amide bonds. The van der Waals surface area contributed by atoms with E-state index in [-0.39, 0.29) is 12.6 Å².